The van der Waals surface area contributed by atoms with Crippen molar-refractivity contribution in [3.05, 3.63) is 36.5 Å². The van der Waals surface area contributed by atoms with Crippen molar-refractivity contribution in [3.63, 3.8) is 0 Å². The maximum Gasteiger partial charge on any atom is 0.228 e. The Labute approximate surface area is 105 Å². The minimum Gasteiger partial charge on any atom is -0.309 e. The predicted molar refractivity (Wildman–Crippen MR) is 71.0 cm³/mol. The Balaban J connectivity index is 2.10. The number of hydrogen-bond acceptors (Lipinski definition) is 2. The summed E-state index contributed by atoms with van der Waals surface area (Å²) in [5.74, 6) is 2.75. The molecule has 1 amide bonds. The van der Waals surface area contributed by atoms with Gasteiger partial charge in [-0.1, -0.05) is 18.2 Å². The molecule has 1 saturated heterocycles. The van der Waals surface area contributed by atoms with Gasteiger partial charge in [0.15, 0.2) is 0 Å². The number of aromatic nitrogens is 1. The van der Waals surface area contributed by atoms with Gasteiger partial charge < -0.3 is 4.90 Å². The summed E-state index contributed by atoms with van der Waals surface area (Å²) < 4.78 is 0. The summed E-state index contributed by atoms with van der Waals surface area (Å²) >= 11 is 0. The van der Waals surface area contributed by atoms with Crippen LogP contribution in [0.2, 0.25) is 0 Å². The van der Waals surface area contributed by atoms with Crippen LogP contribution in [0, 0.1) is 18.3 Å². The van der Waals surface area contributed by atoms with Gasteiger partial charge in [0, 0.05) is 30.5 Å². The number of hydrogen-bond donors (Lipinski definition) is 0. The summed E-state index contributed by atoms with van der Waals surface area (Å²) in [5, 5.41) is 1.03. The van der Waals surface area contributed by atoms with E-state index in [-0.39, 0.29) is 11.8 Å². The number of terminal acetylenes is 1. The molecule has 3 rings (SSSR count). The summed E-state index contributed by atoms with van der Waals surface area (Å²) in [7, 11) is 0. The summed E-state index contributed by atoms with van der Waals surface area (Å²) in [4.78, 5) is 18.1. The van der Waals surface area contributed by atoms with Crippen LogP contribution in [0.3, 0.4) is 0 Å². The first-order valence-corrected chi connectivity index (χ1v) is 5.90. The molecule has 3 heteroatoms. The van der Waals surface area contributed by atoms with Gasteiger partial charge in [-0.15, -0.1) is 12.3 Å². The van der Waals surface area contributed by atoms with Crippen LogP contribution in [0.1, 0.15) is 6.42 Å². The first kappa shape index (κ1) is 10.8. The summed E-state index contributed by atoms with van der Waals surface area (Å²) in [5.41, 5.74) is 1.71. The molecular formula is C15H12N2O. The van der Waals surface area contributed by atoms with E-state index in [1.165, 1.54) is 0 Å². The van der Waals surface area contributed by atoms with E-state index in [9.17, 15) is 4.79 Å². The lowest BCUT2D eigenvalue weighted by molar-refractivity contribution is -0.117. The molecule has 2 heterocycles. The van der Waals surface area contributed by atoms with E-state index < -0.39 is 0 Å². The fourth-order valence-corrected chi connectivity index (χ4v) is 2.36. The zero-order chi connectivity index (χ0) is 12.5. The molecule has 88 valence electrons. The fraction of sp³-hybridized carbons (Fsp3) is 0.200. The Kier molecular flexibility index (Phi) is 2.49. The van der Waals surface area contributed by atoms with Gasteiger partial charge in [0.05, 0.1) is 11.2 Å². The molecule has 0 bridgehead atoms. The van der Waals surface area contributed by atoms with Crippen LogP contribution >= 0.6 is 0 Å². The van der Waals surface area contributed by atoms with Gasteiger partial charge in [0.25, 0.3) is 0 Å². The first-order valence-electron chi connectivity index (χ1n) is 5.90. The molecule has 1 atom stereocenters. The lowest BCUT2D eigenvalue weighted by atomic mass is 10.1. The highest BCUT2D eigenvalue weighted by Crippen LogP contribution is 2.29. The van der Waals surface area contributed by atoms with E-state index in [1.807, 2.05) is 30.3 Å². The fourth-order valence-electron chi connectivity index (χ4n) is 2.36. The van der Waals surface area contributed by atoms with Crippen molar-refractivity contribution in [1.82, 2.24) is 4.98 Å². The van der Waals surface area contributed by atoms with Gasteiger partial charge in [0.1, 0.15) is 0 Å². The molecule has 1 aromatic heterocycles. The van der Waals surface area contributed by atoms with Crippen molar-refractivity contribution in [2.75, 3.05) is 11.4 Å². The predicted octanol–water partition coefficient (Wildman–Crippen LogP) is 2.22. The molecule has 0 radical (unpaired) electrons. The smallest absolute Gasteiger partial charge is 0.228 e. The summed E-state index contributed by atoms with van der Waals surface area (Å²) in [6.07, 6.45) is 7.58. The van der Waals surface area contributed by atoms with Crippen molar-refractivity contribution in [2.24, 2.45) is 5.92 Å². The number of rotatable bonds is 1. The quantitative estimate of drug-likeness (QED) is 0.711. The maximum absolute atomic E-state index is 12.0. The highest BCUT2D eigenvalue weighted by Gasteiger charge is 2.30. The minimum absolute atomic E-state index is 0.0106. The Bertz CT molecular complexity index is 652. The van der Waals surface area contributed by atoms with Crippen molar-refractivity contribution >= 4 is 22.5 Å². The summed E-state index contributed by atoms with van der Waals surface area (Å²) in [6, 6.07) is 9.74. The van der Waals surface area contributed by atoms with Crippen molar-refractivity contribution in [1.29, 1.82) is 0 Å². The lowest BCUT2D eigenvalue weighted by Crippen LogP contribution is -2.24. The monoisotopic (exact) mass is 236 g/mol. The Morgan fingerprint density at radius 2 is 2.17 bits per heavy atom. The van der Waals surface area contributed by atoms with Gasteiger partial charge >= 0.3 is 0 Å². The average molecular weight is 236 g/mol. The van der Waals surface area contributed by atoms with Crippen LogP contribution in [-0.2, 0) is 4.79 Å². The third kappa shape index (κ3) is 1.63. The maximum atomic E-state index is 12.0. The van der Waals surface area contributed by atoms with Crippen molar-refractivity contribution in [2.45, 2.75) is 6.42 Å². The van der Waals surface area contributed by atoms with Crippen LogP contribution in [0.15, 0.2) is 36.5 Å². The number of carbonyl (C=O) groups is 1. The lowest BCUT2D eigenvalue weighted by Gasteiger charge is -2.17. The van der Waals surface area contributed by atoms with Gasteiger partial charge in [-0.3, -0.25) is 9.78 Å². The van der Waals surface area contributed by atoms with Gasteiger partial charge in [0.2, 0.25) is 5.91 Å². The normalized spacial score (nSPS) is 19.2. The minimum atomic E-state index is 0.0106. The Morgan fingerprint density at radius 1 is 1.33 bits per heavy atom. The number of amides is 1. The van der Waals surface area contributed by atoms with Crippen molar-refractivity contribution in [3.8, 4) is 12.3 Å². The third-order valence-electron chi connectivity index (χ3n) is 3.26. The number of fused-ring (bicyclic) bond motifs is 1. The molecule has 0 aliphatic carbocycles. The zero-order valence-corrected chi connectivity index (χ0v) is 9.84. The van der Waals surface area contributed by atoms with E-state index in [0.717, 1.165) is 16.6 Å². The molecule has 18 heavy (non-hydrogen) atoms. The second kappa shape index (κ2) is 4.15. The van der Waals surface area contributed by atoms with Crippen LogP contribution in [-0.4, -0.2) is 17.4 Å². The molecule has 3 nitrogen and oxygen atoms in total. The van der Waals surface area contributed by atoms with E-state index in [0.29, 0.717) is 13.0 Å². The zero-order valence-electron chi connectivity index (χ0n) is 9.84. The molecule has 0 N–H and O–H groups in total. The van der Waals surface area contributed by atoms with Crippen molar-refractivity contribution < 1.29 is 4.79 Å². The van der Waals surface area contributed by atoms with E-state index >= 15 is 0 Å². The van der Waals surface area contributed by atoms with E-state index in [4.69, 9.17) is 6.42 Å². The van der Waals surface area contributed by atoms with Crippen LogP contribution in [0.4, 0.5) is 5.69 Å². The average Bonchev–Trinajstić information content (AvgIpc) is 2.79. The number of carbonyl (C=O) groups excluding carboxylic acids is 1. The second-order valence-corrected chi connectivity index (χ2v) is 4.42. The summed E-state index contributed by atoms with van der Waals surface area (Å²) in [6.45, 7) is 0.588. The molecule has 1 aromatic carbocycles. The number of pyridine rings is 1. The number of anilines is 1. The number of para-hydroxylation sites is 1. The molecule has 1 aliphatic heterocycles. The highest BCUT2D eigenvalue weighted by atomic mass is 16.2. The van der Waals surface area contributed by atoms with Crippen LogP contribution in [0.25, 0.3) is 10.9 Å². The Hall–Kier alpha value is -2.34. The van der Waals surface area contributed by atoms with Gasteiger partial charge in [-0.05, 0) is 12.1 Å². The molecule has 2 aromatic rings. The highest BCUT2D eigenvalue weighted by molar-refractivity contribution is 6.03. The van der Waals surface area contributed by atoms with Gasteiger partial charge in [-0.25, -0.2) is 0 Å². The molecular weight excluding hydrogens is 224 g/mol. The molecule has 1 fully saturated rings. The van der Waals surface area contributed by atoms with Gasteiger partial charge in [-0.2, -0.15) is 0 Å². The largest absolute Gasteiger partial charge is 0.309 e. The van der Waals surface area contributed by atoms with Crippen LogP contribution in [0.5, 0.6) is 0 Å². The SMILES string of the molecule is C#CC1CC(=O)N(c2cccc3cccnc23)C1. The Morgan fingerprint density at radius 3 is 2.94 bits per heavy atom. The van der Waals surface area contributed by atoms with E-state index in [1.54, 1.807) is 11.1 Å². The number of nitrogens with zero attached hydrogens (tertiary/aromatic N) is 2. The third-order valence-corrected chi connectivity index (χ3v) is 3.26. The van der Waals surface area contributed by atoms with E-state index in [2.05, 4.69) is 10.9 Å². The van der Waals surface area contributed by atoms with Crippen LogP contribution < -0.4 is 4.90 Å². The molecule has 0 saturated carbocycles. The standard InChI is InChI=1S/C15H12N2O/c1-2-11-9-14(18)17(10-11)13-7-3-5-12-6-4-8-16-15(12)13/h1,3-8,11H,9-10H2. The topological polar surface area (TPSA) is 33.2 Å². The molecule has 1 unspecified atom stereocenters. The molecule has 0 spiro atoms. The first-order chi connectivity index (χ1) is 8.79. The number of benzene rings is 1. The molecule has 1 aliphatic rings. The second-order valence-electron chi connectivity index (χ2n) is 4.42.